The lowest BCUT2D eigenvalue weighted by Gasteiger charge is -2.31. The zero-order valence-corrected chi connectivity index (χ0v) is 22.1. The molecule has 0 aromatic heterocycles. The molecule has 7 aromatic carbocycles. The number of hydrogen-bond acceptors (Lipinski definition) is 0. The highest BCUT2D eigenvalue weighted by Crippen LogP contribution is 2.64. The van der Waals surface area contributed by atoms with Gasteiger partial charge in [0.2, 0.25) is 0 Å². The maximum absolute atomic E-state index is 4.02. The van der Waals surface area contributed by atoms with Crippen LogP contribution < -0.4 is 0 Å². The fourth-order valence-electron chi connectivity index (χ4n) is 7.54. The van der Waals surface area contributed by atoms with Crippen molar-refractivity contribution in [2.75, 3.05) is 0 Å². The van der Waals surface area contributed by atoms with Crippen molar-refractivity contribution in [3.8, 4) is 22.3 Å². The van der Waals surface area contributed by atoms with Gasteiger partial charge >= 0.3 is 0 Å². The zero-order chi connectivity index (χ0) is 25.0. The van der Waals surface area contributed by atoms with Crippen LogP contribution in [0, 0.1) is 0 Å². The van der Waals surface area contributed by atoms with Crippen LogP contribution >= 0.6 is 15.9 Å². The fraction of sp³-hybridized carbons (Fsp3) is 0.0270. The van der Waals surface area contributed by atoms with Crippen LogP contribution in [0.4, 0.5) is 0 Å². The molecule has 1 heteroatoms. The number of benzene rings is 7. The minimum atomic E-state index is -0.362. The van der Waals surface area contributed by atoms with E-state index in [4.69, 9.17) is 0 Å². The molecule has 1 spiro atoms. The largest absolute Gasteiger partial charge is 0.0736 e. The summed E-state index contributed by atoms with van der Waals surface area (Å²) in [6, 6.07) is 47.5. The Balaban J connectivity index is 1.55. The molecule has 38 heavy (non-hydrogen) atoms. The highest BCUT2D eigenvalue weighted by atomic mass is 79.9. The smallest absolute Gasteiger partial charge is 0.0619 e. The second kappa shape index (κ2) is 7.22. The van der Waals surface area contributed by atoms with Gasteiger partial charge in [0, 0.05) is 4.47 Å². The molecule has 0 saturated heterocycles. The van der Waals surface area contributed by atoms with Gasteiger partial charge in [0.25, 0.3) is 0 Å². The van der Waals surface area contributed by atoms with Gasteiger partial charge in [-0.2, -0.15) is 0 Å². The molecule has 0 nitrogen and oxygen atoms in total. The highest BCUT2D eigenvalue weighted by molar-refractivity contribution is 9.10. The maximum atomic E-state index is 4.02. The van der Waals surface area contributed by atoms with Crippen LogP contribution in [0.3, 0.4) is 0 Å². The van der Waals surface area contributed by atoms with Crippen molar-refractivity contribution in [3.63, 3.8) is 0 Å². The summed E-state index contributed by atoms with van der Waals surface area (Å²) in [5.74, 6) is 0. The molecule has 0 bridgehead atoms. The van der Waals surface area contributed by atoms with Gasteiger partial charge in [-0.3, -0.25) is 0 Å². The van der Waals surface area contributed by atoms with Crippen LogP contribution in [0.2, 0.25) is 0 Å². The summed E-state index contributed by atoms with van der Waals surface area (Å²) >= 11 is 4.02. The summed E-state index contributed by atoms with van der Waals surface area (Å²) in [6.07, 6.45) is 0. The predicted molar refractivity (Wildman–Crippen MR) is 163 cm³/mol. The molecule has 2 aliphatic rings. The monoisotopic (exact) mass is 544 g/mol. The first-order chi connectivity index (χ1) is 18.8. The van der Waals surface area contributed by atoms with Crippen LogP contribution in [0.25, 0.3) is 54.6 Å². The second-order valence-electron chi connectivity index (χ2n) is 10.5. The van der Waals surface area contributed by atoms with Crippen LogP contribution in [0.15, 0.2) is 132 Å². The lowest BCUT2D eigenvalue weighted by atomic mass is 9.70. The Hall–Kier alpha value is -4.20. The van der Waals surface area contributed by atoms with E-state index in [1.165, 1.54) is 76.8 Å². The molecule has 0 amide bonds. The molecule has 7 aromatic rings. The Morgan fingerprint density at radius 1 is 0.368 bits per heavy atom. The van der Waals surface area contributed by atoms with Gasteiger partial charge in [-0.15, -0.1) is 0 Å². The molecule has 0 radical (unpaired) electrons. The SMILES string of the molecule is Brc1cccc2c1C1(c3ccccc3-c3cc4c5ccccc5c5ccccc5c4cc31)c1ccccc1-2. The van der Waals surface area contributed by atoms with E-state index in [2.05, 4.69) is 143 Å². The Kier molecular flexibility index (Phi) is 3.95. The Bertz CT molecular complexity index is 2150. The lowest BCUT2D eigenvalue weighted by Crippen LogP contribution is -2.26. The van der Waals surface area contributed by atoms with Gasteiger partial charge in [-0.1, -0.05) is 125 Å². The minimum absolute atomic E-state index is 0.362. The predicted octanol–water partition coefficient (Wildman–Crippen LogP) is 10.3. The molecular weight excluding hydrogens is 524 g/mol. The average Bonchev–Trinajstić information content (AvgIpc) is 3.44. The Morgan fingerprint density at radius 3 is 1.47 bits per heavy atom. The Labute approximate surface area is 229 Å². The quantitative estimate of drug-likeness (QED) is 0.166. The van der Waals surface area contributed by atoms with E-state index in [0.717, 1.165) is 4.47 Å². The van der Waals surface area contributed by atoms with E-state index in [-0.39, 0.29) is 5.41 Å². The van der Waals surface area contributed by atoms with Crippen LogP contribution in [0.1, 0.15) is 22.3 Å². The van der Waals surface area contributed by atoms with Crippen molar-refractivity contribution in [1.82, 2.24) is 0 Å². The van der Waals surface area contributed by atoms with Crippen molar-refractivity contribution < 1.29 is 0 Å². The average molecular weight is 545 g/mol. The minimum Gasteiger partial charge on any atom is -0.0619 e. The van der Waals surface area contributed by atoms with E-state index in [1.54, 1.807) is 0 Å². The highest BCUT2D eigenvalue weighted by Gasteiger charge is 2.52. The van der Waals surface area contributed by atoms with Gasteiger partial charge in [0.1, 0.15) is 0 Å². The van der Waals surface area contributed by atoms with Crippen molar-refractivity contribution in [1.29, 1.82) is 0 Å². The number of hydrogen-bond donors (Lipinski definition) is 0. The first-order valence-electron chi connectivity index (χ1n) is 13.1. The van der Waals surface area contributed by atoms with Crippen molar-refractivity contribution in [2.24, 2.45) is 0 Å². The third kappa shape index (κ3) is 2.33. The zero-order valence-electron chi connectivity index (χ0n) is 20.5. The Morgan fingerprint density at radius 2 is 0.842 bits per heavy atom. The molecule has 2 aliphatic carbocycles. The van der Waals surface area contributed by atoms with Crippen LogP contribution in [0.5, 0.6) is 0 Å². The summed E-state index contributed by atoms with van der Waals surface area (Å²) < 4.78 is 1.16. The number of fused-ring (bicyclic) bond motifs is 16. The molecule has 0 N–H and O–H groups in total. The third-order valence-corrected chi connectivity index (χ3v) is 9.58. The van der Waals surface area contributed by atoms with E-state index in [1.807, 2.05) is 0 Å². The number of halogens is 1. The number of rotatable bonds is 0. The van der Waals surface area contributed by atoms with Gasteiger partial charge in [-0.25, -0.2) is 0 Å². The van der Waals surface area contributed by atoms with Crippen molar-refractivity contribution in [3.05, 3.63) is 154 Å². The molecular formula is C37H21Br. The van der Waals surface area contributed by atoms with Gasteiger partial charge in [-0.05, 0) is 95.0 Å². The fourth-order valence-corrected chi connectivity index (χ4v) is 8.21. The van der Waals surface area contributed by atoms with E-state index < -0.39 is 0 Å². The lowest BCUT2D eigenvalue weighted by molar-refractivity contribution is 0.790. The molecule has 1 unspecified atom stereocenters. The van der Waals surface area contributed by atoms with Crippen LogP contribution in [-0.2, 0) is 5.41 Å². The molecule has 0 heterocycles. The second-order valence-corrected chi connectivity index (χ2v) is 11.4. The first-order valence-corrected chi connectivity index (χ1v) is 13.9. The van der Waals surface area contributed by atoms with Gasteiger partial charge in [0.15, 0.2) is 0 Å². The summed E-state index contributed by atoms with van der Waals surface area (Å²) in [6.45, 7) is 0. The normalized spacial score (nSPS) is 16.7. The van der Waals surface area contributed by atoms with Gasteiger partial charge < -0.3 is 0 Å². The maximum Gasteiger partial charge on any atom is 0.0736 e. The standard InChI is InChI=1S/C37H21Br/c38-35-19-9-16-28-26-14-5-7-17-32(26)37(36(28)35)33-18-8-6-15-27(33)31-20-29-24-12-3-1-10-22(24)23-11-2-4-13-25(23)30(29)21-34(31)37/h1-21H. The first kappa shape index (κ1) is 20.8. The molecule has 176 valence electrons. The topological polar surface area (TPSA) is 0 Å². The molecule has 0 saturated carbocycles. The molecule has 0 aliphatic heterocycles. The van der Waals surface area contributed by atoms with Crippen molar-refractivity contribution >= 4 is 48.2 Å². The van der Waals surface area contributed by atoms with E-state index >= 15 is 0 Å². The summed E-state index contributed by atoms with van der Waals surface area (Å²) in [5.41, 5.74) is 10.4. The van der Waals surface area contributed by atoms with Crippen LogP contribution in [-0.4, -0.2) is 0 Å². The third-order valence-electron chi connectivity index (χ3n) is 8.92. The van der Waals surface area contributed by atoms with Crippen molar-refractivity contribution in [2.45, 2.75) is 5.41 Å². The van der Waals surface area contributed by atoms with Gasteiger partial charge in [0.05, 0.1) is 5.41 Å². The van der Waals surface area contributed by atoms with E-state index in [9.17, 15) is 0 Å². The molecule has 0 fully saturated rings. The molecule has 1 atom stereocenters. The summed E-state index contributed by atoms with van der Waals surface area (Å²) in [7, 11) is 0. The van der Waals surface area contributed by atoms with E-state index in [0.29, 0.717) is 0 Å². The summed E-state index contributed by atoms with van der Waals surface area (Å²) in [5, 5.41) is 7.90. The summed E-state index contributed by atoms with van der Waals surface area (Å²) in [4.78, 5) is 0. The molecule has 9 rings (SSSR count).